The third kappa shape index (κ3) is 6.80. The Balaban J connectivity index is 1.44. The van der Waals surface area contributed by atoms with Crippen LogP contribution in [-0.2, 0) is 6.42 Å². The van der Waals surface area contributed by atoms with Crippen LogP contribution in [0.5, 0.6) is 0 Å². The van der Waals surface area contributed by atoms with Gasteiger partial charge in [-0.05, 0) is 111 Å². The number of hydrogen-bond donors (Lipinski definition) is 2. The zero-order valence-electron chi connectivity index (χ0n) is 21.0. The lowest BCUT2D eigenvalue weighted by Gasteiger charge is -2.42. The summed E-state index contributed by atoms with van der Waals surface area (Å²) in [7, 11) is 0. The van der Waals surface area contributed by atoms with E-state index >= 15 is 0 Å². The van der Waals surface area contributed by atoms with Gasteiger partial charge in [0.2, 0.25) is 0 Å². The molecule has 2 fully saturated rings. The fourth-order valence-corrected chi connectivity index (χ4v) is 7.33. The number of urea groups is 1. The van der Waals surface area contributed by atoms with Gasteiger partial charge in [0.15, 0.2) is 0 Å². The van der Waals surface area contributed by atoms with Crippen molar-refractivity contribution in [2.24, 2.45) is 17.6 Å². The molecule has 8 heteroatoms. The van der Waals surface area contributed by atoms with Crippen LogP contribution in [0.2, 0.25) is 10.0 Å². The number of rotatable bonds is 6. The average molecular weight is 598 g/mol. The van der Waals surface area contributed by atoms with Crippen molar-refractivity contribution in [3.63, 3.8) is 0 Å². The number of carbonyl (C=O) groups excluding carboxylic acids is 1. The lowest BCUT2D eigenvalue weighted by molar-refractivity contribution is 0.138. The number of halogens is 3. The van der Waals surface area contributed by atoms with E-state index < -0.39 is 0 Å². The Morgan fingerprint density at radius 3 is 2.53 bits per heavy atom. The van der Waals surface area contributed by atoms with Crippen LogP contribution in [-0.4, -0.2) is 54.6 Å². The van der Waals surface area contributed by atoms with Gasteiger partial charge in [-0.2, -0.15) is 0 Å². The molecule has 3 N–H and O–H groups in total. The van der Waals surface area contributed by atoms with Crippen molar-refractivity contribution in [1.29, 1.82) is 0 Å². The van der Waals surface area contributed by atoms with E-state index in [-0.39, 0.29) is 18.0 Å². The number of nitrogens with zero attached hydrogens (tertiary/aromatic N) is 2. The molecule has 0 saturated carbocycles. The highest BCUT2D eigenvalue weighted by Crippen LogP contribution is 2.45. The maximum Gasteiger partial charge on any atom is 0.314 e. The molecule has 1 aliphatic carbocycles. The zero-order chi connectivity index (χ0) is 25.7. The van der Waals surface area contributed by atoms with E-state index in [0.717, 1.165) is 87.7 Å². The van der Waals surface area contributed by atoms with Gasteiger partial charge >= 0.3 is 6.03 Å². The molecule has 198 valence electrons. The fraction of sp³-hybridized carbons (Fsp3) is 0.607. The Morgan fingerprint density at radius 1 is 1.14 bits per heavy atom. The molecule has 3 aliphatic rings. The molecule has 1 aromatic rings. The van der Waals surface area contributed by atoms with Crippen molar-refractivity contribution in [3.8, 4) is 0 Å². The number of piperidine rings is 2. The summed E-state index contributed by atoms with van der Waals surface area (Å²) in [6.07, 6.45) is 10.6. The fourth-order valence-electron chi connectivity index (χ4n) is 6.51. The first-order valence-corrected chi connectivity index (χ1v) is 15.0. The normalized spacial score (nSPS) is 25.0. The van der Waals surface area contributed by atoms with Gasteiger partial charge in [-0.3, -0.25) is 0 Å². The second kappa shape index (κ2) is 13.0. The van der Waals surface area contributed by atoms with Crippen LogP contribution < -0.4 is 11.1 Å². The van der Waals surface area contributed by atoms with E-state index in [4.69, 9.17) is 28.9 Å². The monoisotopic (exact) mass is 596 g/mol. The number of aryl methyl sites for hydroxylation is 1. The Bertz CT molecular complexity index is 955. The molecular weight excluding hydrogens is 559 g/mol. The highest BCUT2D eigenvalue weighted by Gasteiger charge is 2.37. The van der Waals surface area contributed by atoms with E-state index in [2.05, 4.69) is 38.8 Å². The summed E-state index contributed by atoms with van der Waals surface area (Å²) in [6, 6.07) is 3.90. The minimum Gasteiger partial charge on any atom is -0.383 e. The lowest BCUT2D eigenvalue weighted by atomic mass is 9.70. The summed E-state index contributed by atoms with van der Waals surface area (Å²) in [6.45, 7) is 9.45. The average Bonchev–Trinajstić information content (AvgIpc) is 2.85. The Morgan fingerprint density at radius 2 is 1.86 bits per heavy atom. The molecular formula is C28H39BrCl2N4O. The first-order chi connectivity index (χ1) is 17.4. The molecule has 4 rings (SSSR count). The van der Waals surface area contributed by atoms with Gasteiger partial charge < -0.3 is 20.9 Å². The predicted octanol–water partition coefficient (Wildman–Crippen LogP) is 6.69. The van der Waals surface area contributed by atoms with Crippen LogP contribution >= 0.6 is 39.1 Å². The molecule has 0 radical (unpaired) electrons. The first kappa shape index (κ1) is 27.8. The van der Waals surface area contributed by atoms with E-state index in [1.165, 1.54) is 23.1 Å². The number of benzene rings is 1. The highest BCUT2D eigenvalue weighted by molar-refractivity contribution is 9.11. The van der Waals surface area contributed by atoms with Gasteiger partial charge in [0.1, 0.15) is 0 Å². The zero-order valence-corrected chi connectivity index (χ0v) is 24.1. The molecule has 2 amide bonds. The van der Waals surface area contributed by atoms with Gasteiger partial charge in [-0.1, -0.05) is 51.3 Å². The van der Waals surface area contributed by atoms with Gasteiger partial charge in [0.25, 0.3) is 0 Å². The van der Waals surface area contributed by atoms with Crippen LogP contribution in [0.3, 0.4) is 0 Å². The van der Waals surface area contributed by atoms with Crippen molar-refractivity contribution in [1.82, 2.24) is 15.1 Å². The summed E-state index contributed by atoms with van der Waals surface area (Å²) < 4.78 is 0. The topological polar surface area (TPSA) is 61.6 Å². The third-order valence-electron chi connectivity index (χ3n) is 8.51. The number of likely N-dealkylation sites (tertiary alicyclic amines) is 2. The van der Waals surface area contributed by atoms with Crippen LogP contribution in [0.25, 0.3) is 0 Å². The Hall–Kier alpha value is -1.21. The van der Waals surface area contributed by atoms with E-state index in [0.29, 0.717) is 11.8 Å². The summed E-state index contributed by atoms with van der Waals surface area (Å²) in [5, 5.41) is 5.15. The van der Waals surface area contributed by atoms with Crippen molar-refractivity contribution >= 4 is 45.2 Å². The van der Waals surface area contributed by atoms with Crippen LogP contribution in [0, 0.1) is 11.8 Å². The smallest absolute Gasteiger partial charge is 0.314 e. The molecule has 36 heavy (non-hydrogen) atoms. The van der Waals surface area contributed by atoms with Gasteiger partial charge in [-0.25, -0.2) is 4.79 Å². The molecule has 5 nitrogen and oxygen atoms in total. The number of primary amides is 1. The third-order valence-corrected chi connectivity index (χ3v) is 9.31. The summed E-state index contributed by atoms with van der Waals surface area (Å²) in [4.78, 5) is 17.7. The van der Waals surface area contributed by atoms with Crippen molar-refractivity contribution in [3.05, 3.63) is 56.6 Å². The Kier molecular flexibility index (Phi) is 10.1. The molecule has 0 bridgehead atoms. The number of nitrogens with two attached hydrogens (primary N) is 1. The standard InChI is InChI=1S/C28H39BrCl2N4O/c1-19-3-2-4-22-17-23(30)18-24(31)25(22)26(27(19)33-11-10-29)21-8-13-34(14-9-21)12-5-20-6-15-35(16-7-20)28(32)36/h10-11,17-18,20-21,26-27,33H,1-9,12-16H2,(H2,32,36)/b11-10+. The van der Waals surface area contributed by atoms with Gasteiger partial charge in [0, 0.05) is 35.3 Å². The molecule has 0 spiro atoms. The van der Waals surface area contributed by atoms with Crippen molar-refractivity contribution in [2.75, 3.05) is 32.7 Å². The minimum absolute atomic E-state index is 0.142. The number of nitrogens with one attached hydrogen (secondary N) is 1. The number of fused-ring (bicyclic) bond motifs is 1. The molecule has 2 unspecified atom stereocenters. The molecule has 2 atom stereocenters. The maximum atomic E-state index is 11.4. The summed E-state index contributed by atoms with van der Waals surface area (Å²) >= 11 is 16.8. The van der Waals surface area contributed by atoms with Gasteiger partial charge in [0.05, 0.1) is 6.04 Å². The minimum atomic E-state index is -0.282. The van der Waals surface area contributed by atoms with E-state index in [1.807, 2.05) is 17.3 Å². The summed E-state index contributed by atoms with van der Waals surface area (Å²) in [5.41, 5.74) is 9.25. The van der Waals surface area contributed by atoms with Crippen LogP contribution in [0.4, 0.5) is 4.79 Å². The first-order valence-electron chi connectivity index (χ1n) is 13.3. The SMILES string of the molecule is C=C1CCCc2cc(Cl)cc(Cl)c2C(C2CCN(CCC3CCN(C(N)=O)CC3)CC2)C1N/C=C/Br. The van der Waals surface area contributed by atoms with E-state index in [9.17, 15) is 4.79 Å². The maximum absolute atomic E-state index is 11.4. The predicted molar refractivity (Wildman–Crippen MR) is 154 cm³/mol. The quantitative estimate of drug-likeness (QED) is 0.359. The number of hydrogen-bond acceptors (Lipinski definition) is 3. The van der Waals surface area contributed by atoms with Gasteiger partial charge in [-0.15, -0.1) is 0 Å². The summed E-state index contributed by atoms with van der Waals surface area (Å²) in [5.74, 6) is 1.47. The van der Waals surface area contributed by atoms with Crippen molar-refractivity contribution < 1.29 is 4.79 Å². The Labute approximate surface area is 234 Å². The number of carbonyl (C=O) groups is 1. The van der Waals surface area contributed by atoms with Crippen LogP contribution in [0.15, 0.2) is 35.5 Å². The molecule has 2 aliphatic heterocycles. The van der Waals surface area contributed by atoms with Crippen molar-refractivity contribution in [2.45, 2.75) is 63.3 Å². The molecule has 2 heterocycles. The highest BCUT2D eigenvalue weighted by atomic mass is 79.9. The molecule has 1 aromatic carbocycles. The lowest BCUT2D eigenvalue weighted by Crippen LogP contribution is -2.44. The van der Waals surface area contributed by atoms with Crippen LogP contribution in [0.1, 0.15) is 62.0 Å². The van der Waals surface area contributed by atoms with E-state index in [1.54, 1.807) is 4.90 Å². The largest absolute Gasteiger partial charge is 0.383 e. The second-order valence-corrected chi connectivity index (χ2v) is 12.0. The number of amides is 2. The molecule has 2 saturated heterocycles. The molecule has 0 aromatic heterocycles. The second-order valence-electron chi connectivity index (χ2n) is 10.7.